The van der Waals surface area contributed by atoms with Gasteiger partial charge in [0.15, 0.2) is 23.3 Å². The van der Waals surface area contributed by atoms with Crippen LogP contribution in [0.4, 0.5) is 22.0 Å². The maximum Gasteiger partial charge on any atom is 0.200 e. The van der Waals surface area contributed by atoms with E-state index >= 15 is 0 Å². The summed E-state index contributed by atoms with van der Waals surface area (Å²) in [6.07, 6.45) is -1.61. The zero-order chi connectivity index (χ0) is 16.4. The van der Waals surface area contributed by atoms with E-state index in [1.165, 1.54) is 0 Å². The van der Waals surface area contributed by atoms with Crippen LogP contribution in [-0.2, 0) is 6.42 Å². The number of halogens is 6. The molecule has 0 radical (unpaired) electrons. The summed E-state index contributed by atoms with van der Waals surface area (Å²) >= 11 is 0. The van der Waals surface area contributed by atoms with Crippen molar-refractivity contribution in [1.29, 1.82) is 0 Å². The van der Waals surface area contributed by atoms with Crippen LogP contribution in [0, 0.1) is 29.1 Å². The van der Waals surface area contributed by atoms with E-state index in [1.807, 2.05) is 0 Å². The molecule has 0 fully saturated rings. The molecule has 23 heavy (non-hydrogen) atoms. The van der Waals surface area contributed by atoms with E-state index in [1.54, 1.807) is 30.3 Å². The van der Waals surface area contributed by atoms with Gasteiger partial charge in [-0.2, -0.15) is 0 Å². The molecule has 0 aliphatic rings. The third-order valence-corrected chi connectivity index (χ3v) is 3.28. The zero-order valence-electron chi connectivity index (χ0n) is 11.6. The van der Waals surface area contributed by atoms with E-state index in [2.05, 4.69) is 0 Å². The van der Waals surface area contributed by atoms with E-state index in [-0.39, 0.29) is 18.8 Å². The minimum Gasteiger partial charge on any atom is -0.391 e. The van der Waals surface area contributed by atoms with Gasteiger partial charge in [-0.05, 0) is 5.56 Å². The predicted molar refractivity (Wildman–Crippen MR) is 76.6 cm³/mol. The van der Waals surface area contributed by atoms with Crippen LogP contribution in [0.15, 0.2) is 30.3 Å². The lowest BCUT2D eigenvalue weighted by atomic mass is 9.95. The van der Waals surface area contributed by atoms with Gasteiger partial charge < -0.3 is 10.8 Å². The lowest BCUT2D eigenvalue weighted by Crippen LogP contribution is -2.31. The van der Waals surface area contributed by atoms with E-state index in [4.69, 9.17) is 5.73 Å². The summed E-state index contributed by atoms with van der Waals surface area (Å²) in [7, 11) is 0. The Morgan fingerprint density at radius 1 is 0.826 bits per heavy atom. The molecule has 0 unspecified atom stereocenters. The van der Waals surface area contributed by atoms with Crippen LogP contribution in [0.1, 0.15) is 17.2 Å². The second-order valence-corrected chi connectivity index (χ2v) is 4.77. The first-order valence-corrected chi connectivity index (χ1v) is 6.33. The number of rotatable bonds is 4. The highest BCUT2D eigenvalue weighted by Crippen LogP contribution is 2.29. The topological polar surface area (TPSA) is 46.2 Å². The number of aliphatic hydroxyl groups is 1. The summed E-state index contributed by atoms with van der Waals surface area (Å²) in [5.41, 5.74) is 4.87. The first kappa shape index (κ1) is 19.3. The minimum absolute atomic E-state index is 0. The van der Waals surface area contributed by atoms with Crippen molar-refractivity contribution in [1.82, 2.24) is 0 Å². The monoisotopic (exact) mass is 353 g/mol. The predicted octanol–water partition coefficient (Wildman–Crippen LogP) is 3.41. The second kappa shape index (κ2) is 7.72. The zero-order valence-corrected chi connectivity index (χ0v) is 12.4. The van der Waals surface area contributed by atoms with Crippen LogP contribution in [0.3, 0.4) is 0 Å². The van der Waals surface area contributed by atoms with Crippen molar-refractivity contribution in [2.45, 2.75) is 18.6 Å². The van der Waals surface area contributed by atoms with Crippen molar-refractivity contribution in [2.24, 2.45) is 5.73 Å². The molecule has 8 heteroatoms. The van der Waals surface area contributed by atoms with Crippen molar-refractivity contribution >= 4 is 12.4 Å². The van der Waals surface area contributed by atoms with E-state index < -0.39 is 46.8 Å². The van der Waals surface area contributed by atoms with Gasteiger partial charge in [0.2, 0.25) is 5.82 Å². The Morgan fingerprint density at radius 3 is 1.74 bits per heavy atom. The Labute approximate surface area is 135 Å². The second-order valence-electron chi connectivity index (χ2n) is 4.77. The van der Waals surface area contributed by atoms with Gasteiger partial charge in [0.1, 0.15) is 0 Å². The Kier molecular flexibility index (Phi) is 6.49. The largest absolute Gasteiger partial charge is 0.391 e. The van der Waals surface area contributed by atoms with Gasteiger partial charge in [0.05, 0.1) is 12.1 Å². The fraction of sp³-hybridized carbons (Fsp3) is 0.200. The molecule has 0 aliphatic carbocycles. The minimum atomic E-state index is -2.26. The molecule has 3 N–H and O–H groups in total. The molecule has 126 valence electrons. The molecule has 2 aromatic rings. The van der Waals surface area contributed by atoms with Gasteiger partial charge >= 0.3 is 0 Å². The van der Waals surface area contributed by atoms with Gasteiger partial charge in [-0.25, -0.2) is 22.0 Å². The molecule has 0 bridgehead atoms. The molecule has 0 saturated heterocycles. The highest BCUT2D eigenvalue weighted by Gasteiger charge is 2.31. The standard InChI is InChI=1S/C15H12F5NO.ClH/c16-10-9(11(17)13(19)14(20)12(10)18)15(21)8(22)6-7-4-2-1-3-5-7;/h1-5,8,15,22H,6,21H2;1H/t8-,15-;/m1./s1. The fourth-order valence-electron chi connectivity index (χ4n) is 2.09. The first-order chi connectivity index (χ1) is 10.3. The highest BCUT2D eigenvalue weighted by atomic mass is 35.5. The molecule has 2 aromatic carbocycles. The SMILES string of the molecule is Cl.N[C@@H](c1c(F)c(F)c(F)c(F)c1F)[C@H](O)Cc1ccccc1. The highest BCUT2D eigenvalue weighted by molar-refractivity contribution is 5.85. The normalized spacial score (nSPS) is 13.3. The van der Waals surface area contributed by atoms with Gasteiger partial charge in [-0.3, -0.25) is 0 Å². The Balaban J connectivity index is 0.00000264. The Bertz CT molecular complexity index is 654. The first-order valence-electron chi connectivity index (χ1n) is 6.33. The molecular formula is C15H13ClF5NO. The fourth-order valence-corrected chi connectivity index (χ4v) is 2.09. The van der Waals surface area contributed by atoms with Crippen LogP contribution in [0.2, 0.25) is 0 Å². The number of hydrogen-bond acceptors (Lipinski definition) is 2. The van der Waals surface area contributed by atoms with E-state index in [0.29, 0.717) is 5.56 Å². The lowest BCUT2D eigenvalue weighted by Gasteiger charge is -2.21. The van der Waals surface area contributed by atoms with Crippen molar-refractivity contribution in [3.05, 3.63) is 70.5 Å². The van der Waals surface area contributed by atoms with Crippen molar-refractivity contribution < 1.29 is 27.1 Å². The van der Waals surface area contributed by atoms with Crippen molar-refractivity contribution in [2.75, 3.05) is 0 Å². The number of aliphatic hydroxyl groups excluding tert-OH is 1. The van der Waals surface area contributed by atoms with E-state index in [9.17, 15) is 27.1 Å². The molecule has 0 heterocycles. The molecule has 0 spiro atoms. The average molecular weight is 354 g/mol. The molecule has 0 aliphatic heterocycles. The number of nitrogens with two attached hydrogens (primary N) is 1. The molecule has 2 atom stereocenters. The van der Waals surface area contributed by atoms with Crippen LogP contribution in [0.25, 0.3) is 0 Å². The Morgan fingerprint density at radius 2 is 1.26 bits per heavy atom. The van der Waals surface area contributed by atoms with E-state index in [0.717, 1.165) is 0 Å². The maximum atomic E-state index is 13.6. The molecule has 2 rings (SSSR count). The summed E-state index contributed by atoms with van der Waals surface area (Å²) in [5, 5.41) is 9.93. The van der Waals surface area contributed by atoms with Crippen molar-refractivity contribution in [3.8, 4) is 0 Å². The molecular weight excluding hydrogens is 341 g/mol. The van der Waals surface area contributed by atoms with Crippen LogP contribution in [-0.4, -0.2) is 11.2 Å². The summed E-state index contributed by atoms with van der Waals surface area (Å²) in [5.74, 6) is -10.5. The third-order valence-electron chi connectivity index (χ3n) is 3.28. The van der Waals surface area contributed by atoms with Gasteiger partial charge in [-0.1, -0.05) is 30.3 Å². The third kappa shape index (κ3) is 3.80. The molecule has 2 nitrogen and oxygen atoms in total. The van der Waals surface area contributed by atoms with Gasteiger partial charge in [-0.15, -0.1) is 12.4 Å². The Hall–Kier alpha value is -1.70. The summed E-state index contributed by atoms with van der Waals surface area (Å²) in [6.45, 7) is 0. The lowest BCUT2D eigenvalue weighted by molar-refractivity contribution is 0.140. The average Bonchev–Trinajstić information content (AvgIpc) is 2.52. The van der Waals surface area contributed by atoms with Crippen molar-refractivity contribution in [3.63, 3.8) is 0 Å². The number of hydrogen-bond donors (Lipinski definition) is 2. The maximum absolute atomic E-state index is 13.6. The quantitative estimate of drug-likeness (QED) is 0.503. The smallest absolute Gasteiger partial charge is 0.200 e. The van der Waals surface area contributed by atoms with Crippen LogP contribution >= 0.6 is 12.4 Å². The van der Waals surface area contributed by atoms with Gasteiger partial charge in [0, 0.05) is 12.0 Å². The number of benzene rings is 2. The molecule has 0 amide bonds. The van der Waals surface area contributed by atoms with Crippen LogP contribution in [0.5, 0.6) is 0 Å². The summed E-state index contributed by atoms with van der Waals surface area (Å²) < 4.78 is 66.6. The van der Waals surface area contributed by atoms with Crippen LogP contribution < -0.4 is 5.73 Å². The summed E-state index contributed by atoms with van der Waals surface area (Å²) in [4.78, 5) is 0. The molecule has 0 saturated carbocycles. The summed E-state index contributed by atoms with van der Waals surface area (Å²) in [6, 6.07) is 6.57. The molecule has 0 aromatic heterocycles. The van der Waals surface area contributed by atoms with Gasteiger partial charge in [0.25, 0.3) is 0 Å².